The number of carbonyl (C=O) groups is 4. The molecule has 180 valence electrons. The van der Waals surface area contributed by atoms with Gasteiger partial charge in [0.1, 0.15) is 17.6 Å². The number of aromatic hydroxyl groups is 2. The van der Waals surface area contributed by atoms with Gasteiger partial charge in [0.05, 0.1) is 16.1 Å². The minimum absolute atomic E-state index is 0.0689. The second-order valence-electron chi connectivity index (χ2n) is 8.27. The molecule has 1 atom stereocenters. The normalized spacial score (nSPS) is 13.8. The van der Waals surface area contributed by atoms with Crippen molar-refractivity contribution in [3.05, 3.63) is 93.1 Å². The summed E-state index contributed by atoms with van der Waals surface area (Å²) < 4.78 is 5.44. The lowest BCUT2D eigenvalue weighted by atomic mass is 9.85. The van der Waals surface area contributed by atoms with Crippen LogP contribution in [-0.4, -0.2) is 39.6 Å². The van der Waals surface area contributed by atoms with E-state index in [9.17, 15) is 29.4 Å². The van der Waals surface area contributed by atoms with Gasteiger partial charge in [0.15, 0.2) is 17.3 Å². The van der Waals surface area contributed by atoms with Crippen LogP contribution in [0.2, 0.25) is 5.02 Å². The van der Waals surface area contributed by atoms with Gasteiger partial charge in [-0.15, -0.1) is 0 Å². The van der Waals surface area contributed by atoms with Crippen molar-refractivity contribution in [2.24, 2.45) is 0 Å². The van der Waals surface area contributed by atoms with Crippen LogP contribution in [0.15, 0.2) is 65.8 Å². The van der Waals surface area contributed by atoms with Gasteiger partial charge in [-0.2, -0.15) is 0 Å². The quantitative estimate of drug-likeness (QED) is 0.181. The summed E-state index contributed by atoms with van der Waals surface area (Å²) in [6.45, 7) is 5.44. The van der Waals surface area contributed by atoms with Crippen LogP contribution in [0.5, 0.6) is 11.5 Å². The summed E-state index contributed by atoms with van der Waals surface area (Å²) in [5.41, 5.74) is 1.14. The van der Waals surface area contributed by atoms with E-state index in [1.165, 1.54) is 0 Å². The Morgan fingerprint density at radius 2 is 1.69 bits per heavy atom. The SMILES string of the molecule is CC(C)=CC[C@@H](OC(=O)/C=C\C(=O)c1ccc(C)cc1Cl)C1=CC(=O)c2c(O)ccc(O)c2C1=O. The van der Waals surface area contributed by atoms with E-state index >= 15 is 0 Å². The Labute approximate surface area is 207 Å². The van der Waals surface area contributed by atoms with Gasteiger partial charge in [-0.1, -0.05) is 29.3 Å². The summed E-state index contributed by atoms with van der Waals surface area (Å²) in [4.78, 5) is 50.8. The van der Waals surface area contributed by atoms with Crippen molar-refractivity contribution in [3.8, 4) is 11.5 Å². The third-order valence-electron chi connectivity index (χ3n) is 5.29. The highest BCUT2D eigenvalue weighted by atomic mass is 35.5. The van der Waals surface area contributed by atoms with Crippen molar-refractivity contribution in [3.63, 3.8) is 0 Å². The number of esters is 1. The van der Waals surface area contributed by atoms with Crippen LogP contribution in [0.1, 0.15) is 56.9 Å². The smallest absolute Gasteiger partial charge is 0.331 e. The van der Waals surface area contributed by atoms with Crippen molar-refractivity contribution < 1.29 is 34.1 Å². The molecular formula is C27H23ClO7. The maximum absolute atomic E-state index is 13.1. The molecular weight excluding hydrogens is 472 g/mol. The number of fused-ring (bicyclic) bond motifs is 1. The summed E-state index contributed by atoms with van der Waals surface area (Å²) in [7, 11) is 0. The van der Waals surface area contributed by atoms with Gasteiger partial charge in [-0.3, -0.25) is 14.4 Å². The fourth-order valence-corrected chi connectivity index (χ4v) is 3.86. The highest BCUT2D eigenvalue weighted by molar-refractivity contribution is 6.34. The second kappa shape index (κ2) is 10.5. The zero-order valence-corrected chi connectivity index (χ0v) is 20.1. The minimum Gasteiger partial charge on any atom is -0.507 e. The molecule has 8 heteroatoms. The summed E-state index contributed by atoms with van der Waals surface area (Å²) >= 11 is 6.10. The number of aryl methyl sites for hydroxylation is 1. The van der Waals surface area contributed by atoms with E-state index in [0.717, 1.165) is 41.5 Å². The first-order chi connectivity index (χ1) is 16.5. The Morgan fingerprint density at radius 1 is 1.03 bits per heavy atom. The van der Waals surface area contributed by atoms with E-state index in [2.05, 4.69) is 0 Å². The molecule has 0 saturated heterocycles. The number of Topliss-reactive ketones (excluding diaryl/α,β-unsaturated/α-hetero) is 1. The third kappa shape index (κ3) is 5.75. The first-order valence-electron chi connectivity index (χ1n) is 10.7. The van der Waals surface area contributed by atoms with Gasteiger partial charge in [0.25, 0.3) is 0 Å². The Bertz CT molecular complexity index is 1330. The first kappa shape index (κ1) is 25.6. The summed E-state index contributed by atoms with van der Waals surface area (Å²) in [5, 5.41) is 20.4. The predicted molar refractivity (Wildman–Crippen MR) is 130 cm³/mol. The lowest BCUT2D eigenvalue weighted by molar-refractivity contribution is -0.141. The average molecular weight is 495 g/mol. The van der Waals surface area contributed by atoms with Gasteiger partial charge in [0, 0.05) is 23.6 Å². The molecule has 0 aromatic heterocycles. The van der Waals surface area contributed by atoms with E-state index in [4.69, 9.17) is 16.3 Å². The molecule has 0 spiro atoms. The van der Waals surface area contributed by atoms with Crippen LogP contribution in [0, 0.1) is 6.92 Å². The Morgan fingerprint density at radius 3 is 2.31 bits per heavy atom. The molecule has 7 nitrogen and oxygen atoms in total. The molecule has 0 aliphatic heterocycles. The van der Waals surface area contributed by atoms with Gasteiger partial charge < -0.3 is 14.9 Å². The Kier molecular flexibility index (Phi) is 7.71. The van der Waals surface area contributed by atoms with Crippen LogP contribution in [0.25, 0.3) is 0 Å². The van der Waals surface area contributed by atoms with Crippen molar-refractivity contribution in [1.82, 2.24) is 0 Å². The number of hydrogen-bond acceptors (Lipinski definition) is 7. The number of benzene rings is 2. The number of ketones is 3. The van der Waals surface area contributed by atoms with E-state index in [0.29, 0.717) is 0 Å². The Hall–Kier alpha value is -3.97. The number of allylic oxidation sites excluding steroid dienone is 3. The molecule has 0 unspecified atom stereocenters. The number of phenols is 2. The van der Waals surface area contributed by atoms with Crippen molar-refractivity contribution >= 4 is 34.9 Å². The largest absolute Gasteiger partial charge is 0.507 e. The molecule has 0 bridgehead atoms. The molecule has 0 heterocycles. The van der Waals surface area contributed by atoms with E-state index in [1.807, 2.05) is 20.8 Å². The zero-order valence-electron chi connectivity index (χ0n) is 19.3. The average Bonchev–Trinajstić information content (AvgIpc) is 2.78. The monoisotopic (exact) mass is 494 g/mol. The highest BCUT2D eigenvalue weighted by Gasteiger charge is 2.35. The van der Waals surface area contributed by atoms with E-state index in [-0.39, 0.29) is 33.7 Å². The molecule has 3 rings (SSSR count). The molecule has 0 saturated carbocycles. The van der Waals surface area contributed by atoms with Crippen LogP contribution in [0.3, 0.4) is 0 Å². The Balaban J connectivity index is 1.88. The molecule has 0 amide bonds. The van der Waals surface area contributed by atoms with Crippen LogP contribution in [-0.2, 0) is 9.53 Å². The van der Waals surface area contributed by atoms with Crippen LogP contribution >= 0.6 is 11.6 Å². The maximum atomic E-state index is 13.1. The third-order valence-corrected chi connectivity index (χ3v) is 5.60. The fraction of sp³-hybridized carbons (Fsp3) is 0.185. The highest BCUT2D eigenvalue weighted by Crippen LogP contribution is 2.36. The number of carbonyl (C=O) groups excluding carboxylic acids is 4. The molecule has 2 aromatic carbocycles. The van der Waals surface area contributed by atoms with Gasteiger partial charge in [-0.25, -0.2) is 4.79 Å². The number of phenolic OH excluding ortho intramolecular Hbond substituents is 2. The second-order valence-corrected chi connectivity index (χ2v) is 8.68. The lowest BCUT2D eigenvalue weighted by Crippen LogP contribution is -2.28. The first-order valence-corrected chi connectivity index (χ1v) is 11.1. The molecule has 35 heavy (non-hydrogen) atoms. The van der Waals surface area contributed by atoms with E-state index in [1.54, 1.807) is 24.3 Å². The zero-order chi connectivity index (χ0) is 25.9. The fourth-order valence-electron chi connectivity index (χ4n) is 3.54. The maximum Gasteiger partial charge on any atom is 0.331 e. The van der Waals surface area contributed by atoms with Gasteiger partial charge in [-0.05, 0) is 62.8 Å². The van der Waals surface area contributed by atoms with Crippen molar-refractivity contribution in [2.75, 3.05) is 0 Å². The number of halogens is 1. The van der Waals surface area contributed by atoms with Crippen molar-refractivity contribution in [2.45, 2.75) is 33.3 Å². The number of rotatable bonds is 7. The van der Waals surface area contributed by atoms with Gasteiger partial charge in [0.2, 0.25) is 0 Å². The van der Waals surface area contributed by atoms with Crippen LogP contribution < -0.4 is 0 Å². The van der Waals surface area contributed by atoms with Crippen LogP contribution in [0.4, 0.5) is 0 Å². The summed E-state index contributed by atoms with van der Waals surface area (Å²) in [6.07, 6.45) is 3.53. The van der Waals surface area contributed by atoms with Gasteiger partial charge >= 0.3 is 5.97 Å². The van der Waals surface area contributed by atoms with Crippen molar-refractivity contribution in [1.29, 1.82) is 0 Å². The summed E-state index contributed by atoms with van der Waals surface area (Å²) in [6, 6.07) is 7.10. The predicted octanol–water partition coefficient (Wildman–Crippen LogP) is 5.07. The molecule has 1 aliphatic rings. The molecule has 0 fully saturated rings. The molecule has 0 radical (unpaired) electrons. The topological polar surface area (TPSA) is 118 Å². The molecule has 1 aliphatic carbocycles. The molecule has 2 aromatic rings. The lowest BCUT2D eigenvalue weighted by Gasteiger charge is -2.23. The molecule has 2 N–H and O–H groups in total. The number of hydrogen-bond donors (Lipinski definition) is 2. The minimum atomic E-state index is -1.17. The number of ether oxygens (including phenoxy) is 1. The summed E-state index contributed by atoms with van der Waals surface area (Å²) in [5.74, 6) is -3.80. The standard InChI is InChI=1S/C27H23ClO7/c1-14(2)4-10-23(17-13-22(32)25-20(30)7-8-21(31)26(25)27(17)34)35-24(33)11-9-19(29)16-6-5-15(3)12-18(16)28/h4-9,11-13,23,30-31H,10H2,1-3H3/b11-9-/t23-/m1/s1. The van der Waals surface area contributed by atoms with E-state index < -0.39 is 40.9 Å².